The van der Waals surface area contributed by atoms with Crippen molar-refractivity contribution in [1.29, 1.82) is 0 Å². The van der Waals surface area contributed by atoms with E-state index in [1.807, 2.05) is 11.6 Å². The molecule has 0 atom stereocenters. The summed E-state index contributed by atoms with van der Waals surface area (Å²) in [5.74, 6) is 0. The van der Waals surface area contributed by atoms with Crippen molar-refractivity contribution < 1.29 is 13.2 Å². The number of hydrogen-bond acceptors (Lipinski definition) is 5. The summed E-state index contributed by atoms with van der Waals surface area (Å²) in [7, 11) is -3.92. The summed E-state index contributed by atoms with van der Waals surface area (Å²) in [5, 5.41) is 2.30. The predicted molar refractivity (Wildman–Crippen MR) is 65.8 cm³/mol. The first-order valence-electron chi connectivity index (χ1n) is 4.87. The van der Waals surface area contributed by atoms with Crippen LogP contribution in [0.3, 0.4) is 0 Å². The topological polar surface area (TPSA) is 88.2 Å². The third-order valence-electron chi connectivity index (χ3n) is 1.78. The Morgan fingerprint density at radius 1 is 1.59 bits per heavy atom. The minimum absolute atomic E-state index is 0.135. The molecular formula is C8H12ClN3O3S2. The Morgan fingerprint density at radius 2 is 2.29 bits per heavy atom. The van der Waals surface area contributed by atoms with E-state index in [1.54, 1.807) is 0 Å². The van der Waals surface area contributed by atoms with Crippen LogP contribution in [0.15, 0.2) is 9.72 Å². The van der Waals surface area contributed by atoms with Gasteiger partial charge in [0.2, 0.25) is 0 Å². The van der Waals surface area contributed by atoms with Crippen molar-refractivity contribution in [3.63, 3.8) is 0 Å². The molecule has 2 N–H and O–H groups in total. The number of sulfonamides is 1. The average Bonchev–Trinajstić information content (AvgIpc) is 2.64. The number of nitrogens with one attached hydrogen (secondary N) is 2. The van der Waals surface area contributed by atoms with Gasteiger partial charge in [-0.25, -0.2) is 22.9 Å². The van der Waals surface area contributed by atoms with Gasteiger partial charge in [-0.1, -0.05) is 24.9 Å². The summed E-state index contributed by atoms with van der Waals surface area (Å²) in [6.45, 7) is 2.39. The maximum atomic E-state index is 11.7. The molecule has 6 nitrogen and oxygen atoms in total. The second-order valence-electron chi connectivity index (χ2n) is 3.15. The van der Waals surface area contributed by atoms with E-state index in [0.717, 1.165) is 24.2 Å². The van der Waals surface area contributed by atoms with E-state index in [9.17, 15) is 13.2 Å². The van der Waals surface area contributed by atoms with Crippen molar-refractivity contribution in [1.82, 2.24) is 15.0 Å². The second kappa shape index (κ2) is 6.18. The molecule has 0 aliphatic rings. The number of carbonyl (C=O) groups is 1. The van der Waals surface area contributed by atoms with Crippen molar-refractivity contribution in [3.8, 4) is 0 Å². The van der Waals surface area contributed by atoms with Crippen LogP contribution in [0.1, 0.15) is 19.8 Å². The molecule has 1 aromatic heterocycles. The average molecular weight is 298 g/mol. The van der Waals surface area contributed by atoms with E-state index >= 15 is 0 Å². The van der Waals surface area contributed by atoms with Gasteiger partial charge in [0.15, 0.2) is 9.36 Å². The van der Waals surface area contributed by atoms with E-state index in [0.29, 0.717) is 6.54 Å². The Bertz CT molecular complexity index is 486. The largest absolute Gasteiger partial charge is 0.337 e. The fourth-order valence-electron chi connectivity index (χ4n) is 0.979. The SMILES string of the molecule is CCCCNC(=O)NS(=O)(=O)c1scnc1Cl. The van der Waals surface area contributed by atoms with Crippen molar-refractivity contribution in [2.45, 2.75) is 24.0 Å². The second-order valence-corrected chi connectivity index (χ2v) is 6.24. The molecule has 0 aromatic carbocycles. The van der Waals surface area contributed by atoms with Crippen molar-refractivity contribution >= 4 is 39.0 Å². The number of rotatable bonds is 5. The highest BCUT2D eigenvalue weighted by Crippen LogP contribution is 2.23. The first-order chi connectivity index (χ1) is 7.97. The van der Waals surface area contributed by atoms with Crippen LogP contribution in [0, 0.1) is 0 Å². The summed E-state index contributed by atoms with van der Waals surface area (Å²) >= 11 is 6.44. The zero-order chi connectivity index (χ0) is 12.9. The predicted octanol–water partition coefficient (Wildman–Crippen LogP) is 1.58. The van der Waals surface area contributed by atoms with Gasteiger partial charge in [0.05, 0.1) is 5.51 Å². The van der Waals surface area contributed by atoms with Gasteiger partial charge < -0.3 is 5.32 Å². The molecule has 2 amide bonds. The number of thiazole rings is 1. The Morgan fingerprint density at radius 3 is 2.82 bits per heavy atom. The minimum atomic E-state index is -3.92. The maximum absolute atomic E-state index is 11.7. The number of amides is 2. The third kappa shape index (κ3) is 4.14. The van der Waals surface area contributed by atoms with Crippen LogP contribution >= 0.6 is 22.9 Å². The molecule has 17 heavy (non-hydrogen) atoms. The van der Waals surface area contributed by atoms with E-state index in [4.69, 9.17) is 11.6 Å². The standard InChI is InChI=1S/C8H12ClN3O3S2/c1-2-3-4-10-8(13)12-17(14,15)7-6(9)11-5-16-7/h5H,2-4H2,1H3,(H2,10,12,13). The van der Waals surface area contributed by atoms with Gasteiger partial charge in [-0.3, -0.25) is 0 Å². The molecule has 0 unspecified atom stereocenters. The van der Waals surface area contributed by atoms with Crippen molar-refractivity contribution in [3.05, 3.63) is 10.7 Å². The van der Waals surface area contributed by atoms with E-state index in [1.165, 1.54) is 5.51 Å². The molecule has 0 aliphatic heterocycles. The molecule has 1 rings (SSSR count). The maximum Gasteiger partial charge on any atom is 0.328 e. The van der Waals surface area contributed by atoms with Crippen LogP contribution < -0.4 is 10.0 Å². The van der Waals surface area contributed by atoms with E-state index in [-0.39, 0.29) is 9.36 Å². The number of aromatic nitrogens is 1. The van der Waals surface area contributed by atoms with Gasteiger partial charge >= 0.3 is 6.03 Å². The molecule has 0 saturated heterocycles. The summed E-state index contributed by atoms with van der Waals surface area (Å²) in [6, 6.07) is -0.761. The van der Waals surface area contributed by atoms with Gasteiger partial charge in [0.1, 0.15) is 0 Å². The van der Waals surface area contributed by atoms with Gasteiger partial charge in [-0.05, 0) is 6.42 Å². The first-order valence-corrected chi connectivity index (χ1v) is 7.61. The number of halogens is 1. The Balaban J connectivity index is 2.62. The van der Waals surface area contributed by atoms with Gasteiger partial charge in [-0.15, -0.1) is 11.3 Å². The quantitative estimate of drug-likeness (QED) is 0.808. The lowest BCUT2D eigenvalue weighted by atomic mass is 10.3. The number of hydrogen-bond donors (Lipinski definition) is 2. The lowest BCUT2D eigenvalue weighted by molar-refractivity contribution is 0.245. The molecule has 1 heterocycles. The number of unbranched alkanes of at least 4 members (excludes halogenated alkanes) is 1. The first kappa shape index (κ1) is 14.2. The summed E-state index contributed by atoms with van der Waals surface area (Å²) in [5.41, 5.74) is 1.30. The van der Waals surface area contributed by atoms with Gasteiger partial charge in [0.25, 0.3) is 10.0 Å². The number of nitrogens with zero attached hydrogens (tertiary/aromatic N) is 1. The summed E-state index contributed by atoms with van der Waals surface area (Å²) < 4.78 is 25.0. The minimum Gasteiger partial charge on any atom is -0.337 e. The van der Waals surface area contributed by atoms with Crippen LogP contribution in [-0.2, 0) is 10.0 Å². The molecule has 0 spiro atoms. The van der Waals surface area contributed by atoms with Gasteiger partial charge in [0, 0.05) is 6.54 Å². The van der Waals surface area contributed by atoms with Crippen molar-refractivity contribution in [2.24, 2.45) is 0 Å². The summed E-state index contributed by atoms with van der Waals surface area (Å²) in [6.07, 6.45) is 1.70. The monoisotopic (exact) mass is 297 g/mol. The molecule has 0 bridgehead atoms. The Labute approximate surface area is 108 Å². The van der Waals surface area contributed by atoms with E-state index in [2.05, 4.69) is 10.3 Å². The van der Waals surface area contributed by atoms with Crippen LogP contribution in [0.2, 0.25) is 5.15 Å². The molecule has 0 fully saturated rings. The van der Waals surface area contributed by atoms with Crippen LogP contribution in [0.5, 0.6) is 0 Å². The molecule has 0 radical (unpaired) electrons. The Kier molecular flexibility index (Phi) is 5.16. The third-order valence-corrected chi connectivity index (χ3v) is 4.99. The highest BCUT2D eigenvalue weighted by atomic mass is 35.5. The molecule has 0 saturated carbocycles. The Hall–Kier alpha value is -0.860. The molecule has 0 aliphatic carbocycles. The molecule has 9 heteroatoms. The number of carbonyl (C=O) groups excluding carboxylic acids is 1. The fourth-order valence-corrected chi connectivity index (χ4v) is 3.37. The van der Waals surface area contributed by atoms with E-state index < -0.39 is 16.1 Å². The summed E-state index contributed by atoms with van der Waals surface area (Å²) in [4.78, 5) is 14.9. The highest BCUT2D eigenvalue weighted by molar-refractivity contribution is 7.92. The lowest BCUT2D eigenvalue weighted by Crippen LogP contribution is -2.39. The zero-order valence-corrected chi connectivity index (χ0v) is 11.5. The van der Waals surface area contributed by atoms with Crippen LogP contribution in [0.25, 0.3) is 0 Å². The molecular weight excluding hydrogens is 286 g/mol. The normalized spacial score (nSPS) is 11.2. The highest BCUT2D eigenvalue weighted by Gasteiger charge is 2.22. The molecule has 1 aromatic rings. The van der Waals surface area contributed by atoms with Crippen LogP contribution in [-0.4, -0.2) is 26.0 Å². The van der Waals surface area contributed by atoms with Crippen molar-refractivity contribution in [2.75, 3.05) is 6.54 Å². The molecule has 96 valence electrons. The fraction of sp³-hybridized carbons (Fsp3) is 0.500. The number of urea groups is 1. The zero-order valence-electron chi connectivity index (χ0n) is 9.07. The van der Waals surface area contributed by atoms with Gasteiger partial charge in [-0.2, -0.15) is 0 Å². The smallest absolute Gasteiger partial charge is 0.328 e. The lowest BCUT2D eigenvalue weighted by Gasteiger charge is -2.06. The van der Waals surface area contributed by atoms with Crippen LogP contribution in [0.4, 0.5) is 4.79 Å².